The zero-order valence-electron chi connectivity index (χ0n) is 21.1. The van der Waals surface area contributed by atoms with Crippen LogP contribution in [0.3, 0.4) is 0 Å². The van der Waals surface area contributed by atoms with Crippen molar-refractivity contribution in [2.24, 2.45) is 16.0 Å². The second-order valence-electron chi connectivity index (χ2n) is 9.65. The first kappa shape index (κ1) is 26.7. The van der Waals surface area contributed by atoms with Crippen LogP contribution in [0.5, 0.6) is 0 Å². The first-order valence-corrected chi connectivity index (χ1v) is 13.7. The molecule has 6 nitrogen and oxygen atoms in total. The summed E-state index contributed by atoms with van der Waals surface area (Å²) in [5, 5.41) is 6.40. The predicted octanol–water partition coefficient (Wildman–Crippen LogP) is 7.05. The van der Waals surface area contributed by atoms with Gasteiger partial charge in [0.25, 0.3) is 5.91 Å². The van der Waals surface area contributed by atoms with Gasteiger partial charge in [-0.2, -0.15) is 10.1 Å². The quantitative estimate of drug-likeness (QED) is 0.305. The molecule has 2 aliphatic rings. The summed E-state index contributed by atoms with van der Waals surface area (Å²) in [6.45, 7) is 10.9. The number of aliphatic imine (C=N–C) groups is 1. The lowest BCUT2D eigenvalue weighted by Crippen LogP contribution is -2.44. The van der Waals surface area contributed by atoms with Gasteiger partial charge in [-0.05, 0) is 86.8 Å². The van der Waals surface area contributed by atoms with Crippen LogP contribution in [0.4, 0.5) is 10.5 Å². The molecule has 0 bridgehead atoms. The van der Waals surface area contributed by atoms with Gasteiger partial charge in [-0.1, -0.05) is 43.1 Å². The minimum atomic E-state index is -0.570. The number of hydrogen-bond acceptors (Lipinski definition) is 5. The molecule has 0 aromatic heterocycles. The molecule has 0 saturated heterocycles. The van der Waals surface area contributed by atoms with E-state index in [1.807, 2.05) is 39.0 Å². The van der Waals surface area contributed by atoms with Gasteiger partial charge in [0.15, 0.2) is 0 Å². The van der Waals surface area contributed by atoms with Crippen molar-refractivity contribution in [1.29, 1.82) is 0 Å². The van der Waals surface area contributed by atoms with Crippen LogP contribution in [-0.2, 0) is 11.2 Å². The van der Waals surface area contributed by atoms with Crippen LogP contribution in [0.25, 0.3) is 0 Å². The Balaban J connectivity index is 1.76. The Hall–Kier alpha value is -2.35. The average molecular weight is 546 g/mol. The van der Waals surface area contributed by atoms with Crippen LogP contribution < -0.4 is 4.90 Å². The van der Waals surface area contributed by atoms with E-state index in [4.69, 9.17) is 28.2 Å². The van der Waals surface area contributed by atoms with Gasteiger partial charge in [-0.15, -0.1) is 0 Å². The van der Waals surface area contributed by atoms with Crippen LogP contribution in [0.1, 0.15) is 57.7 Å². The number of carbonyl (C=O) groups is 2. The average Bonchev–Trinajstić information content (AvgIpc) is 2.81. The Morgan fingerprint density at radius 1 is 1.19 bits per heavy atom. The molecule has 0 atom stereocenters. The molecule has 0 unspecified atom stereocenters. The number of hydrogen-bond donors (Lipinski definition) is 0. The lowest BCUT2D eigenvalue weighted by atomic mass is 9.93. The standard InChI is InChI=1S/C27H30Cl2N4O2S/c1-6-30-24(20-11-10-19(28)15-21(20)29)32-13-7-8-17-14-18(9-12-22(17)32)23-27(4,5)36-26(35)33(31-23)25(34)16(2)3/h9-12,14-16H,6-8,13H2,1-5H3. The van der Waals surface area contributed by atoms with E-state index in [0.29, 0.717) is 22.3 Å². The molecule has 2 aromatic rings. The maximum Gasteiger partial charge on any atom is 0.310 e. The number of benzene rings is 2. The van der Waals surface area contributed by atoms with E-state index in [2.05, 4.69) is 22.1 Å². The third kappa shape index (κ3) is 5.20. The minimum Gasteiger partial charge on any atom is -0.326 e. The van der Waals surface area contributed by atoms with Gasteiger partial charge in [0, 0.05) is 35.3 Å². The first-order chi connectivity index (χ1) is 17.0. The number of carbonyl (C=O) groups excluding carboxylic acids is 2. The fraction of sp³-hybridized carbons (Fsp3) is 0.407. The minimum absolute atomic E-state index is 0.301. The summed E-state index contributed by atoms with van der Waals surface area (Å²) in [7, 11) is 0. The molecular weight excluding hydrogens is 515 g/mol. The Morgan fingerprint density at radius 2 is 1.94 bits per heavy atom. The number of thioether (sulfide) groups is 1. The number of anilines is 1. The number of amides is 2. The molecule has 0 spiro atoms. The van der Waals surface area contributed by atoms with Crippen molar-refractivity contribution in [2.75, 3.05) is 18.0 Å². The Kier molecular flexibility index (Phi) is 7.83. The monoisotopic (exact) mass is 544 g/mol. The van der Waals surface area contributed by atoms with Gasteiger partial charge in [-0.3, -0.25) is 14.6 Å². The molecule has 0 fully saturated rings. The maximum atomic E-state index is 12.7. The maximum absolute atomic E-state index is 12.7. The molecule has 2 aliphatic heterocycles. The first-order valence-electron chi connectivity index (χ1n) is 12.1. The molecule has 190 valence electrons. The van der Waals surface area contributed by atoms with E-state index in [-0.39, 0.29) is 17.1 Å². The van der Waals surface area contributed by atoms with Crippen LogP contribution in [-0.4, -0.2) is 45.5 Å². The van der Waals surface area contributed by atoms with Crippen molar-refractivity contribution in [2.45, 2.75) is 52.2 Å². The van der Waals surface area contributed by atoms with Crippen molar-refractivity contribution in [3.8, 4) is 0 Å². The fourth-order valence-electron chi connectivity index (χ4n) is 4.46. The summed E-state index contributed by atoms with van der Waals surface area (Å²) in [5.41, 5.74) is 4.69. The zero-order valence-corrected chi connectivity index (χ0v) is 23.5. The summed E-state index contributed by atoms with van der Waals surface area (Å²) >= 11 is 13.8. The van der Waals surface area contributed by atoms with Gasteiger partial charge >= 0.3 is 5.24 Å². The van der Waals surface area contributed by atoms with E-state index in [1.54, 1.807) is 19.9 Å². The van der Waals surface area contributed by atoms with Gasteiger partial charge in [0.1, 0.15) is 5.84 Å². The van der Waals surface area contributed by atoms with E-state index < -0.39 is 4.75 Å². The lowest BCUT2D eigenvalue weighted by molar-refractivity contribution is -0.131. The number of aryl methyl sites for hydroxylation is 1. The number of halogens is 2. The van der Waals surface area contributed by atoms with Crippen LogP contribution >= 0.6 is 35.0 Å². The molecule has 0 saturated carbocycles. The summed E-state index contributed by atoms with van der Waals surface area (Å²) in [6, 6.07) is 11.7. The summed E-state index contributed by atoms with van der Waals surface area (Å²) in [6.07, 6.45) is 1.85. The van der Waals surface area contributed by atoms with Crippen molar-refractivity contribution in [3.05, 3.63) is 63.1 Å². The highest BCUT2D eigenvalue weighted by Crippen LogP contribution is 2.38. The second-order valence-corrected chi connectivity index (χ2v) is 12.1. The third-order valence-corrected chi connectivity index (χ3v) is 7.79. The van der Waals surface area contributed by atoms with E-state index in [9.17, 15) is 9.59 Å². The van der Waals surface area contributed by atoms with Gasteiger partial charge in [0.2, 0.25) is 0 Å². The number of hydrazone groups is 1. The van der Waals surface area contributed by atoms with Crippen molar-refractivity contribution < 1.29 is 9.59 Å². The topological polar surface area (TPSA) is 65.3 Å². The van der Waals surface area contributed by atoms with Crippen LogP contribution in [0, 0.1) is 5.92 Å². The van der Waals surface area contributed by atoms with Gasteiger partial charge in [-0.25, -0.2) is 0 Å². The molecule has 2 amide bonds. The molecular formula is C27H30Cl2N4O2S. The Labute approximate surface area is 226 Å². The molecule has 4 rings (SSSR count). The molecule has 0 aliphatic carbocycles. The molecule has 2 aromatic carbocycles. The van der Waals surface area contributed by atoms with E-state index in [0.717, 1.165) is 64.4 Å². The van der Waals surface area contributed by atoms with Crippen molar-refractivity contribution in [3.63, 3.8) is 0 Å². The molecule has 0 N–H and O–H groups in total. The molecule has 36 heavy (non-hydrogen) atoms. The Bertz CT molecular complexity index is 1270. The highest BCUT2D eigenvalue weighted by atomic mass is 35.5. The van der Waals surface area contributed by atoms with Crippen molar-refractivity contribution >= 4 is 63.3 Å². The largest absolute Gasteiger partial charge is 0.326 e. The van der Waals surface area contributed by atoms with Crippen molar-refractivity contribution in [1.82, 2.24) is 5.01 Å². The SMILES string of the molecule is CCN=C(c1ccc(Cl)cc1Cl)N1CCCc2cc(C3=NN(C(=O)C(C)C)C(=O)SC3(C)C)ccc21. The normalized spacial score (nSPS) is 17.8. The van der Waals surface area contributed by atoms with Crippen LogP contribution in [0.2, 0.25) is 10.0 Å². The number of amidine groups is 1. The van der Waals surface area contributed by atoms with E-state index >= 15 is 0 Å². The third-order valence-electron chi connectivity index (χ3n) is 6.20. The van der Waals surface area contributed by atoms with E-state index in [1.165, 1.54) is 0 Å². The summed E-state index contributed by atoms with van der Waals surface area (Å²) in [5.74, 6) is 0.191. The number of rotatable bonds is 4. The highest BCUT2D eigenvalue weighted by Gasteiger charge is 2.40. The predicted molar refractivity (Wildman–Crippen MR) is 151 cm³/mol. The highest BCUT2D eigenvalue weighted by molar-refractivity contribution is 8.15. The summed E-state index contributed by atoms with van der Waals surface area (Å²) < 4.78 is -0.570. The second kappa shape index (κ2) is 10.6. The number of imide groups is 1. The molecule has 0 radical (unpaired) electrons. The molecule has 2 heterocycles. The Morgan fingerprint density at radius 3 is 2.61 bits per heavy atom. The lowest BCUT2D eigenvalue weighted by Gasteiger charge is -2.35. The number of fused-ring (bicyclic) bond motifs is 1. The van der Waals surface area contributed by atoms with Gasteiger partial charge < -0.3 is 4.90 Å². The smallest absolute Gasteiger partial charge is 0.310 e. The van der Waals surface area contributed by atoms with Crippen LogP contribution in [0.15, 0.2) is 46.5 Å². The fourth-order valence-corrected chi connectivity index (χ4v) is 5.86. The summed E-state index contributed by atoms with van der Waals surface area (Å²) in [4.78, 5) is 32.3. The number of nitrogens with zero attached hydrogens (tertiary/aromatic N) is 4. The molecule has 9 heteroatoms. The van der Waals surface area contributed by atoms with Gasteiger partial charge in [0.05, 0.1) is 15.5 Å². The zero-order chi connectivity index (χ0) is 26.2.